The fourth-order valence-corrected chi connectivity index (χ4v) is 1.51. The molecule has 0 amide bonds. The van der Waals surface area contributed by atoms with E-state index in [1.165, 1.54) is 0 Å². The minimum absolute atomic E-state index is 0.280. The van der Waals surface area contributed by atoms with Crippen LogP contribution in [-0.2, 0) is 0 Å². The summed E-state index contributed by atoms with van der Waals surface area (Å²) >= 11 is 6.10. The van der Waals surface area contributed by atoms with E-state index >= 15 is 0 Å². The zero-order chi connectivity index (χ0) is 13.0. The lowest BCUT2D eigenvalue weighted by Crippen LogP contribution is -2.21. The van der Waals surface area contributed by atoms with Crippen LogP contribution in [0.4, 0.5) is 5.82 Å². The number of halogens is 1. The van der Waals surface area contributed by atoms with Crippen molar-refractivity contribution in [3.8, 4) is 0 Å². The Hall–Kier alpha value is -0.870. The summed E-state index contributed by atoms with van der Waals surface area (Å²) in [5, 5.41) is 3.84. The van der Waals surface area contributed by atoms with Crippen LogP contribution in [0.1, 0.15) is 31.2 Å². The van der Waals surface area contributed by atoms with Crippen LogP contribution >= 0.6 is 11.6 Å². The molecule has 0 aliphatic carbocycles. The molecular weight excluding hydrogens is 236 g/mol. The van der Waals surface area contributed by atoms with Crippen LogP contribution in [0, 0.1) is 6.92 Å². The van der Waals surface area contributed by atoms with Crippen LogP contribution in [0.2, 0.25) is 5.15 Å². The number of hydrogen-bond acceptors (Lipinski definition) is 4. The van der Waals surface area contributed by atoms with Gasteiger partial charge >= 0.3 is 0 Å². The van der Waals surface area contributed by atoms with Gasteiger partial charge in [0.1, 0.15) is 16.8 Å². The van der Waals surface area contributed by atoms with Crippen molar-refractivity contribution in [2.45, 2.75) is 26.7 Å². The van der Waals surface area contributed by atoms with Gasteiger partial charge in [0.15, 0.2) is 0 Å². The Kier molecular flexibility index (Phi) is 5.15. The summed E-state index contributed by atoms with van der Waals surface area (Å²) < 4.78 is 0. The lowest BCUT2D eigenvalue weighted by Gasteiger charge is -2.14. The summed E-state index contributed by atoms with van der Waals surface area (Å²) in [6.45, 7) is 7.86. The smallest absolute Gasteiger partial charge is 0.137 e. The number of rotatable bonds is 5. The molecule has 1 heterocycles. The van der Waals surface area contributed by atoms with Crippen LogP contribution in [0.3, 0.4) is 0 Å². The molecule has 1 aromatic heterocycles. The van der Waals surface area contributed by atoms with Gasteiger partial charge in [0.05, 0.1) is 0 Å². The third-order valence-corrected chi connectivity index (χ3v) is 2.84. The highest BCUT2D eigenvalue weighted by Gasteiger charge is 2.11. The molecule has 0 atom stereocenters. The maximum Gasteiger partial charge on any atom is 0.137 e. The number of nitrogens with one attached hydrogen (secondary N) is 1. The first-order chi connectivity index (χ1) is 7.91. The molecule has 0 spiro atoms. The highest BCUT2D eigenvalue weighted by Crippen LogP contribution is 2.22. The van der Waals surface area contributed by atoms with Gasteiger partial charge in [-0.25, -0.2) is 9.97 Å². The van der Waals surface area contributed by atoms with Crippen molar-refractivity contribution in [2.24, 2.45) is 0 Å². The third-order valence-electron chi connectivity index (χ3n) is 2.47. The van der Waals surface area contributed by atoms with Crippen molar-refractivity contribution in [1.82, 2.24) is 14.9 Å². The lowest BCUT2D eigenvalue weighted by atomic mass is 10.2. The predicted octanol–water partition coefficient (Wildman–Crippen LogP) is 2.54. The van der Waals surface area contributed by atoms with Crippen LogP contribution < -0.4 is 5.32 Å². The molecule has 1 aromatic rings. The van der Waals surface area contributed by atoms with Crippen molar-refractivity contribution in [3.63, 3.8) is 0 Å². The standard InChI is InChI=1S/C12H21ClN4/c1-8(2)11-15-10(13)9(3)12(16-11)14-6-7-17(4)5/h8H,6-7H2,1-5H3,(H,14,15,16). The van der Waals surface area contributed by atoms with Crippen LogP contribution in [0.25, 0.3) is 0 Å². The molecule has 0 aliphatic heterocycles. The minimum atomic E-state index is 0.280. The predicted molar refractivity (Wildman–Crippen MR) is 72.9 cm³/mol. The molecule has 0 fully saturated rings. The van der Waals surface area contributed by atoms with Gasteiger partial charge in [-0.05, 0) is 21.0 Å². The quantitative estimate of drug-likeness (QED) is 0.822. The second kappa shape index (κ2) is 6.17. The number of hydrogen-bond donors (Lipinski definition) is 1. The summed E-state index contributed by atoms with van der Waals surface area (Å²) in [6, 6.07) is 0. The lowest BCUT2D eigenvalue weighted by molar-refractivity contribution is 0.425. The van der Waals surface area contributed by atoms with Gasteiger partial charge in [-0.15, -0.1) is 0 Å². The average molecular weight is 257 g/mol. The van der Waals surface area contributed by atoms with Gasteiger partial charge in [-0.3, -0.25) is 0 Å². The molecule has 17 heavy (non-hydrogen) atoms. The Balaban J connectivity index is 2.82. The van der Waals surface area contributed by atoms with E-state index < -0.39 is 0 Å². The van der Waals surface area contributed by atoms with Crippen molar-refractivity contribution in [2.75, 3.05) is 32.5 Å². The van der Waals surface area contributed by atoms with Gasteiger partial charge < -0.3 is 10.2 Å². The Bertz CT molecular complexity index is 377. The second-order valence-corrected chi connectivity index (χ2v) is 5.09. The van der Waals surface area contributed by atoms with E-state index in [0.717, 1.165) is 30.3 Å². The normalized spacial score (nSPS) is 11.3. The number of aromatic nitrogens is 2. The van der Waals surface area contributed by atoms with Crippen molar-refractivity contribution in [3.05, 3.63) is 16.5 Å². The summed E-state index contributed by atoms with van der Waals surface area (Å²) in [4.78, 5) is 10.9. The van der Waals surface area contributed by atoms with Crippen molar-refractivity contribution < 1.29 is 0 Å². The Morgan fingerprint density at radius 1 is 1.29 bits per heavy atom. The minimum Gasteiger partial charge on any atom is -0.368 e. The van der Waals surface area contributed by atoms with E-state index in [1.54, 1.807) is 0 Å². The second-order valence-electron chi connectivity index (χ2n) is 4.73. The van der Waals surface area contributed by atoms with E-state index in [2.05, 4.69) is 34.0 Å². The van der Waals surface area contributed by atoms with Gasteiger partial charge in [-0.2, -0.15) is 0 Å². The first-order valence-corrected chi connectivity index (χ1v) is 6.22. The summed E-state index contributed by atoms with van der Waals surface area (Å²) in [7, 11) is 4.09. The molecule has 1 rings (SSSR count). The Labute approximate surface area is 108 Å². The maximum absolute atomic E-state index is 6.10. The number of likely N-dealkylation sites (N-methyl/N-ethyl adjacent to an activating group) is 1. The van der Waals surface area contributed by atoms with Crippen LogP contribution in [0.5, 0.6) is 0 Å². The Morgan fingerprint density at radius 3 is 2.47 bits per heavy atom. The molecule has 1 N–H and O–H groups in total. The fraction of sp³-hybridized carbons (Fsp3) is 0.667. The molecule has 4 nitrogen and oxygen atoms in total. The van der Waals surface area contributed by atoms with Crippen molar-refractivity contribution >= 4 is 17.4 Å². The topological polar surface area (TPSA) is 41.1 Å². The summed E-state index contributed by atoms with van der Waals surface area (Å²) in [5.41, 5.74) is 0.912. The number of anilines is 1. The van der Waals surface area contributed by atoms with E-state index in [1.807, 2.05) is 21.0 Å². The molecular formula is C12H21ClN4. The van der Waals surface area contributed by atoms with Gasteiger partial charge in [0.25, 0.3) is 0 Å². The van der Waals surface area contributed by atoms with Crippen molar-refractivity contribution in [1.29, 1.82) is 0 Å². The van der Waals surface area contributed by atoms with E-state index in [0.29, 0.717) is 5.15 Å². The van der Waals surface area contributed by atoms with Gasteiger partial charge in [0.2, 0.25) is 0 Å². The zero-order valence-electron chi connectivity index (χ0n) is 11.2. The highest BCUT2D eigenvalue weighted by atomic mass is 35.5. The molecule has 0 unspecified atom stereocenters. The van der Waals surface area contributed by atoms with Gasteiger partial charge in [0, 0.05) is 24.6 Å². The first-order valence-electron chi connectivity index (χ1n) is 5.84. The molecule has 0 bridgehead atoms. The molecule has 0 saturated carbocycles. The number of nitrogens with zero attached hydrogens (tertiary/aromatic N) is 3. The molecule has 0 aromatic carbocycles. The average Bonchev–Trinajstić information content (AvgIpc) is 2.23. The molecule has 96 valence electrons. The molecule has 0 aliphatic rings. The van der Waals surface area contributed by atoms with E-state index in [-0.39, 0.29) is 5.92 Å². The monoisotopic (exact) mass is 256 g/mol. The summed E-state index contributed by atoms with van der Waals surface area (Å²) in [5.74, 6) is 1.91. The fourth-order valence-electron chi connectivity index (χ4n) is 1.33. The zero-order valence-corrected chi connectivity index (χ0v) is 12.0. The molecule has 0 radical (unpaired) electrons. The first kappa shape index (κ1) is 14.2. The SMILES string of the molecule is Cc1c(Cl)nc(C(C)C)nc1NCCN(C)C. The van der Waals surface area contributed by atoms with E-state index in [4.69, 9.17) is 11.6 Å². The Morgan fingerprint density at radius 2 is 1.94 bits per heavy atom. The van der Waals surface area contributed by atoms with Crippen LogP contribution in [-0.4, -0.2) is 42.1 Å². The molecule has 5 heteroatoms. The largest absolute Gasteiger partial charge is 0.368 e. The van der Waals surface area contributed by atoms with Crippen LogP contribution in [0.15, 0.2) is 0 Å². The van der Waals surface area contributed by atoms with E-state index in [9.17, 15) is 0 Å². The molecule has 0 saturated heterocycles. The third kappa shape index (κ3) is 4.13. The highest BCUT2D eigenvalue weighted by molar-refractivity contribution is 6.30. The van der Waals surface area contributed by atoms with Gasteiger partial charge in [-0.1, -0.05) is 25.4 Å². The summed E-state index contributed by atoms with van der Waals surface area (Å²) in [6.07, 6.45) is 0. The maximum atomic E-state index is 6.10.